The van der Waals surface area contributed by atoms with E-state index in [1.807, 2.05) is 0 Å². The van der Waals surface area contributed by atoms with Gasteiger partial charge in [-0.05, 0) is 37.2 Å². The third kappa shape index (κ3) is 1.84. The van der Waals surface area contributed by atoms with Crippen molar-refractivity contribution in [3.63, 3.8) is 0 Å². The fourth-order valence-electron chi connectivity index (χ4n) is 2.90. The maximum atomic E-state index is 11.4. The van der Waals surface area contributed by atoms with Crippen LogP contribution in [0, 0.1) is 11.3 Å². The number of hydrogen-bond acceptors (Lipinski definition) is 2. The van der Waals surface area contributed by atoms with Crippen molar-refractivity contribution >= 4 is 11.9 Å². The molecule has 1 N–H and O–H groups in total. The van der Waals surface area contributed by atoms with Gasteiger partial charge in [0.1, 0.15) is 0 Å². The van der Waals surface area contributed by atoms with Gasteiger partial charge in [-0.25, -0.2) is 0 Å². The monoisotopic (exact) mass is 223 g/mol. The Morgan fingerprint density at radius 3 is 2.31 bits per heavy atom. The van der Waals surface area contributed by atoms with Gasteiger partial charge in [0, 0.05) is 13.1 Å². The van der Waals surface area contributed by atoms with Gasteiger partial charge in [-0.15, -0.1) is 0 Å². The fourth-order valence-corrected chi connectivity index (χ4v) is 2.90. The van der Waals surface area contributed by atoms with E-state index in [0.717, 1.165) is 38.8 Å². The molecule has 0 bridgehead atoms. The maximum Gasteiger partial charge on any atom is 0.306 e. The summed E-state index contributed by atoms with van der Waals surface area (Å²) in [5.74, 6) is -0.833. The molecule has 1 heterocycles. The number of piperidine rings is 1. The van der Waals surface area contributed by atoms with E-state index >= 15 is 0 Å². The number of hydrogen-bond donors (Lipinski definition) is 1. The Hall–Kier alpha value is -1.32. The van der Waals surface area contributed by atoms with Crippen LogP contribution in [-0.4, -0.2) is 35.0 Å². The predicted octanol–water partition coefficient (Wildman–Crippen LogP) is 1.28. The second-order valence-electron chi connectivity index (χ2n) is 4.97. The van der Waals surface area contributed by atoms with Gasteiger partial charge < -0.3 is 10.0 Å². The molecular weight excluding hydrogens is 206 g/mol. The van der Waals surface area contributed by atoms with E-state index in [4.69, 9.17) is 5.11 Å². The molecule has 0 radical (unpaired) electrons. The lowest BCUT2D eigenvalue weighted by Crippen LogP contribution is -2.50. The zero-order chi connectivity index (χ0) is 11.8. The summed E-state index contributed by atoms with van der Waals surface area (Å²) in [4.78, 5) is 23.9. The van der Waals surface area contributed by atoms with Gasteiger partial charge in [-0.3, -0.25) is 9.59 Å². The largest absolute Gasteiger partial charge is 0.481 e. The fraction of sp³-hybridized carbons (Fsp3) is 0.667. The Labute approximate surface area is 94.9 Å². The zero-order valence-corrected chi connectivity index (χ0v) is 9.32. The number of carboxylic acid groups (broad SMARTS) is 1. The van der Waals surface area contributed by atoms with Crippen molar-refractivity contribution in [2.24, 2.45) is 11.3 Å². The average Bonchev–Trinajstić information content (AvgIpc) is 2.24. The number of likely N-dealkylation sites (tertiary alicyclic amines) is 1. The van der Waals surface area contributed by atoms with E-state index in [2.05, 4.69) is 6.58 Å². The SMILES string of the molecule is C=CC(=O)N1CCC2(CC1)CC(C(=O)O)C2. The Balaban J connectivity index is 1.85. The first-order valence-corrected chi connectivity index (χ1v) is 5.70. The number of aliphatic carboxylic acids is 1. The Morgan fingerprint density at radius 2 is 1.88 bits per heavy atom. The van der Waals surface area contributed by atoms with Crippen molar-refractivity contribution in [3.8, 4) is 0 Å². The smallest absolute Gasteiger partial charge is 0.306 e. The van der Waals surface area contributed by atoms with Gasteiger partial charge in [0.2, 0.25) is 5.91 Å². The molecule has 1 saturated heterocycles. The molecule has 1 amide bonds. The quantitative estimate of drug-likeness (QED) is 0.717. The molecule has 0 unspecified atom stereocenters. The summed E-state index contributed by atoms with van der Waals surface area (Å²) < 4.78 is 0. The van der Waals surface area contributed by atoms with Gasteiger partial charge >= 0.3 is 5.97 Å². The lowest BCUT2D eigenvalue weighted by Gasteiger charge is -2.50. The molecule has 1 aliphatic carbocycles. The summed E-state index contributed by atoms with van der Waals surface area (Å²) in [7, 11) is 0. The summed E-state index contributed by atoms with van der Waals surface area (Å²) in [6.07, 6.45) is 4.81. The van der Waals surface area contributed by atoms with Crippen molar-refractivity contribution < 1.29 is 14.7 Å². The van der Waals surface area contributed by atoms with Crippen molar-refractivity contribution in [2.45, 2.75) is 25.7 Å². The number of amides is 1. The van der Waals surface area contributed by atoms with Crippen LogP contribution in [0.5, 0.6) is 0 Å². The van der Waals surface area contributed by atoms with Crippen molar-refractivity contribution in [1.82, 2.24) is 4.90 Å². The van der Waals surface area contributed by atoms with E-state index in [1.165, 1.54) is 6.08 Å². The van der Waals surface area contributed by atoms with Crippen molar-refractivity contribution in [1.29, 1.82) is 0 Å². The van der Waals surface area contributed by atoms with Gasteiger partial charge in [0.05, 0.1) is 5.92 Å². The normalized spacial score (nSPS) is 23.9. The van der Waals surface area contributed by atoms with Gasteiger partial charge in [-0.2, -0.15) is 0 Å². The Morgan fingerprint density at radius 1 is 1.31 bits per heavy atom. The molecule has 0 aromatic carbocycles. The lowest BCUT2D eigenvalue weighted by atomic mass is 9.57. The molecule has 0 aromatic rings. The van der Waals surface area contributed by atoms with E-state index in [-0.39, 0.29) is 17.2 Å². The second-order valence-corrected chi connectivity index (χ2v) is 4.97. The van der Waals surface area contributed by atoms with Gasteiger partial charge in [0.15, 0.2) is 0 Å². The summed E-state index contributed by atoms with van der Waals surface area (Å²) in [5.41, 5.74) is 0.209. The minimum Gasteiger partial charge on any atom is -0.481 e. The molecule has 16 heavy (non-hydrogen) atoms. The first kappa shape index (κ1) is 11.2. The van der Waals surface area contributed by atoms with E-state index in [1.54, 1.807) is 4.90 Å². The average molecular weight is 223 g/mol. The highest BCUT2D eigenvalue weighted by molar-refractivity contribution is 5.87. The standard InChI is InChI=1S/C12H17NO3/c1-2-10(14)13-5-3-12(4-6-13)7-9(8-12)11(15)16/h2,9H,1,3-8H2,(H,15,16). The van der Waals surface area contributed by atoms with Crippen LogP contribution in [0.1, 0.15) is 25.7 Å². The van der Waals surface area contributed by atoms with E-state index < -0.39 is 5.97 Å². The Kier molecular flexibility index (Phi) is 2.74. The third-order valence-corrected chi connectivity index (χ3v) is 4.02. The van der Waals surface area contributed by atoms with Gasteiger partial charge in [-0.1, -0.05) is 6.58 Å². The number of rotatable bonds is 2. The summed E-state index contributed by atoms with van der Waals surface area (Å²) in [5, 5.41) is 8.85. The molecule has 2 fully saturated rings. The predicted molar refractivity (Wildman–Crippen MR) is 58.8 cm³/mol. The third-order valence-electron chi connectivity index (χ3n) is 4.02. The molecule has 88 valence electrons. The summed E-state index contributed by atoms with van der Waals surface area (Å²) in [6.45, 7) is 4.97. The minimum absolute atomic E-state index is 0.0102. The van der Waals surface area contributed by atoms with Crippen LogP contribution in [0.15, 0.2) is 12.7 Å². The summed E-state index contributed by atoms with van der Waals surface area (Å²) >= 11 is 0. The highest BCUT2D eigenvalue weighted by Gasteiger charge is 2.48. The molecule has 1 aliphatic heterocycles. The molecule has 1 saturated carbocycles. The highest BCUT2D eigenvalue weighted by atomic mass is 16.4. The molecule has 4 nitrogen and oxygen atoms in total. The van der Waals surface area contributed by atoms with Crippen LogP contribution >= 0.6 is 0 Å². The van der Waals surface area contributed by atoms with Crippen LogP contribution in [0.3, 0.4) is 0 Å². The first-order chi connectivity index (χ1) is 7.56. The number of carbonyl (C=O) groups excluding carboxylic acids is 1. The molecule has 0 atom stereocenters. The second kappa shape index (κ2) is 3.92. The van der Waals surface area contributed by atoms with Crippen molar-refractivity contribution in [2.75, 3.05) is 13.1 Å². The van der Waals surface area contributed by atoms with Crippen LogP contribution in [-0.2, 0) is 9.59 Å². The number of carbonyl (C=O) groups is 2. The van der Waals surface area contributed by atoms with E-state index in [9.17, 15) is 9.59 Å². The molecule has 2 aliphatic rings. The number of carboxylic acids is 1. The van der Waals surface area contributed by atoms with E-state index in [0.29, 0.717) is 0 Å². The molecule has 4 heteroatoms. The molecule has 2 rings (SSSR count). The van der Waals surface area contributed by atoms with Crippen LogP contribution in [0.2, 0.25) is 0 Å². The van der Waals surface area contributed by atoms with Crippen LogP contribution in [0.25, 0.3) is 0 Å². The number of nitrogens with zero attached hydrogens (tertiary/aromatic N) is 1. The van der Waals surface area contributed by atoms with Crippen LogP contribution < -0.4 is 0 Å². The van der Waals surface area contributed by atoms with Crippen LogP contribution in [0.4, 0.5) is 0 Å². The Bertz CT molecular complexity index is 321. The minimum atomic E-state index is -0.671. The first-order valence-electron chi connectivity index (χ1n) is 5.70. The van der Waals surface area contributed by atoms with Gasteiger partial charge in [0.25, 0.3) is 0 Å². The zero-order valence-electron chi connectivity index (χ0n) is 9.32. The topological polar surface area (TPSA) is 57.6 Å². The highest BCUT2D eigenvalue weighted by Crippen LogP contribution is 2.52. The lowest BCUT2D eigenvalue weighted by molar-refractivity contribution is -0.153. The molecule has 0 aromatic heterocycles. The molecule has 1 spiro atoms. The molecular formula is C12H17NO3. The van der Waals surface area contributed by atoms with Crippen molar-refractivity contribution in [3.05, 3.63) is 12.7 Å². The maximum absolute atomic E-state index is 11.4. The summed E-state index contributed by atoms with van der Waals surface area (Å²) in [6, 6.07) is 0.